The molecule has 0 bridgehead atoms. The number of hydrogen-bond acceptors (Lipinski definition) is 4. The molecule has 1 aromatic carbocycles. The van der Waals surface area contributed by atoms with Crippen LogP contribution in [0.15, 0.2) is 47.1 Å². The molecule has 0 aliphatic heterocycles. The second kappa shape index (κ2) is 8.19. The number of rotatable bonds is 6. The standard InChI is InChI=1S/C16H18N2O3S/c1-2-8-20-13-6-3-5-12(10-13)15(19)18-16(22)17-11-14-7-4-9-21-14/h3-7,9-10H,2,8,11H2,1H3,(H2,17,18,19,22). The van der Waals surface area contributed by atoms with Crippen LogP contribution in [0, 0.1) is 0 Å². The molecule has 2 aromatic rings. The number of ether oxygens (including phenoxy) is 1. The Morgan fingerprint density at radius 3 is 2.91 bits per heavy atom. The molecule has 2 N–H and O–H groups in total. The van der Waals surface area contributed by atoms with Gasteiger partial charge in [0.25, 0.3) is 5.91 Å². The summed E-state index contributed by atoms with van der Waals surface area (Å²) >= 11 is 5.09. The largest absolute Gasteiger partial charge is 0.494 e. The van der Waals surface area contributed by atoms with Gasteiger partial charge in [-0.1, -0.05) is 13.0 Å². The van der Waals surface area contributed by atoms with E-state index in [1.807, 2.05) is 19.1 Å². The molecule has 0 aliphatic carbocycles. The number of carbonyl (C=O) groups excluding carboxylic acids is 1. The van der Waals surface area contributed by atoms with Gasteiger partial charge in [-0.05, 0) is 49.0 Å². The third kappa shape index (κ3) is 4.89. The number of carbonyl (C=O) groups is 1. The lowest BCUT2D eigenvalue weighted by atomic mass is 10.2. The van der Waals surface area contributed by atoms with Gasteiger partial charge in [0.15, 0.2) is 5.11 Å². The van der Waals surface area contributed by atoms with Gasteiger partial charge in [-0.2, -0.15) is 0 Å². The fraction of sp³-hybridized carbons (Fsp3) is 0.250. The summed E-state index contributed by atoms with van der Waals surface area (Å²) in [6.07, 6.45) is 2.50. The highest BCUT2D eigenvalue weighted by Gasteiger charge is 2.09. The second-order valence-corrected chi connectivity index (χ2v) is 5.00. The Hall–Kier alpha value is -2.34. The van der Waals surface area contributed by atoms with Gasteiger partial charge in [0.05, 0.1) is 19.4 Å². The van der Waals surface area contributed by atoms with Crippen LogP contribution >= 0.6 is 12.2 Å². The van der Waals surface area contributed by atoms with E-state index in [1.165, 1.54) is 0 Å². The molecule has 0 atom stereocenters. The van der Waals surface area contributed by atoms with Crippen molar-refractivity contribution >= 4 is 23.2 Å². The minimum atomic E-state index is -0.279. The molecule has 0 saturated heterocycles. The Kier molecular flexibility index (Phi) is 5.97. The number of hydrogen-bond donors (Lipinski definition) is 2. The third-order valence-corrected chi connectivity index (χ3v) is 3.05. The lowest BCUT2D eigenvalue weighted by Crippen LogP contribution is -2.38. The number of benzene rings is 1. The number of thiocarbonyl (C=S) groups is 1. The Balaban J connectivity index is 1.86. The highest BCUT2D eigenvalue weighted by atomic mass is 32.1. The normalized spacial score (nSPS) is 10.0. The summed E-state index contributed by atoms with van der Waals surface area (Å²) in [7, 11) is 0. The zero-order chi connectivity index (χ0) is 15.8. The van der Waals surface area contributed by atoms with Gasteiger partial charge in [-0.15, -0.1) is 0 Å². The lowest BCUT2D eigenvalue weighted by Gasteiger charge is -2.10. The van der Waals surface area contributed by atoms with E-state index >= 15 is 0 Å². The second-order valence-electron chi connectivity index (χ2n) is 4.59. The van der Waals surface area contributed by atoms with E-state index in [2.05, 4.69) is 10.6 Å². The Morgan fingerprint density at radius 1 is 1.32 bits per heavy atom. The highest BCUT2D eigenvalue weighted by molar-refractivity contribution is 7.80. The van der Waals surface area contributed by atoms with Gasteiger partial charge in [0, 0.05) is 5.56 Å². The zero-order valence-corrected chi connectivity index (χ0v) is 13.1. The SMILES string of the molecule is CCCOc1cccc(C(=O)NC(=S)NCc2ccco2)c1. The first-order valence-corrected chi connectivity index (χ1v) is 7.44. The van der Waals surface area contributed by atoms with Crippen LogP contribution < -0.4 is 15.4 Å². The van der Waals surface area contributed by atoms with Gasteiger partial charge in [-0.25, -0.2) is 0 Å². The van der Waals surface area contributed by atoms with Crippen molar-refractivity contribution in [3.05, 3.63) is 54.0 Å². The zero-order valence-electron chi connectivity index (χ0n) is 12.3. The van der Waals surface area contributed by atoms with Crippen LogP contribution in [0.25, 0.3) is 0 Å². The van der Waals surface area contributed by atoms with E-state index in [4.69, 9.17) is 21.4 Å². The van der Waals surface area contributed by atoms with Crippen LogP contribution in [0.1, 0.15) is 29.5 Å². The van der Waals surface area contributed by atoms with Crippen LogP contribution in [0.3, 0.4) is 0 Å². The van der Waals surface area contributed by atoms with Gasteiger partial charge < -0.3 is 14.5 Å². The molecular weight excluding hydrogens is 300 g/mol. The van der Waals surface area contributed by atoms with Crippen molar-refractivity contribution in [2.45, 2.75) is 19.9 Å². The monoisotopic (exact) mass is 318 g/mol. The molecule has 0 saturated carbocycles. The quantitative estimate of drug-likeness (QED) is 0.802. The summed E-state index contributed by atoms with van der Waals surface area (Å²) in [4.78, 5) is 12.1. The Labute approximate surface area is 134 Å². The minimum Gasteiger partial charge on any atom is -0.494 e. The summed E-state index contributed by atoms with van der Waals surface area (Å²) in [6, 6.07) is 10.6. The van der Waals surface area contributed by atoms with Crippen molar-refractivity contribution in [2.75, 3.05) is 6.61 Å². The van der Waals surface area contributed by atoms with Crippen molar-refractivity contribution < 1.29 is 13.9 Å². The summed E-state index contributed by atoms with van der Waals surface area (Å²) in [5, 5.41) is 5.79. The van der Waals surface area contributed by atoms with E-state index in [-0.39, 0.29) is 11.0 Å². The topological polar surface area (TPSA) is 63.5 Å². The van der Waals surface area contributed by atoms with Crippen LogP contribution in [0.2, 0.25) is 0 Å². The minimum absolute atomic E-state index is 0.251. The predicted molar refractivity (Wildman–Crippen MR) is 87.8 cm³/mol. The number of amides is 1. The van der Waals surface area contributed by atoms with Crippen molar-refractivity contribution in [1.82, 2.24) is 10.6 Å². The van der Waals surface area contributed by atoms with Crippen LogP contribution in [-0.4, -0.2) is 17.6 Å². The van der Waals surface area contributed by atoms with Crippen molar-refractivity contribution in [3.63, 3.8) is 0 Å². The summed E-state index contributed by atoms with van der Waals surface area (Å²) in [5.41, 5.74) is 0.496. The van der Waals surface area contributed by atoms with Crippen molar-refractivity contribution in [1.29, 1.82) is 0 Å². The first-order valence-electron chi connectivity index (χ1n) is 7.03. The molecular formula is C16H18N2O3S. The van der Waals surface area contributed by atoms with Crippen LogP contribution in [0.5, 0.6) is 5.75 Å². The van der Waals surface area contributed by atoms with Gasteiger partial charge in [0.2, 0.25) is 0 Å². The maximum absolute atomic E-state index is 12.1. The first-order chi connectivity index (χ1) is 10.7. The summed E-state index contributed by atoms with van der Waals surface area (Å²) < 4.78 is 10.7. The summed E-state index contributed by atoms with van der Waals surface area (Å²) in [5.74, 6) is 1.13. The number of furan rings is 1. The van der Waals surface area contributed by atoms with E-state index in [1.54, 1.807) is 30.5 Å². The van der Waals surface area contributed by atoms with E-state index in [0.29, 0.717) is 24.5 Å². The summed E-state index contributed by atoms with van der Waals surface area (Å²) in [6.45, 7) is 3.07. The molecule has 1 heterocycles. The van der Waals surface area contributed by atoms with Gasteiger partial charge in [-0.3, -0.25) is 10.1 Å². The molecule has 5 nitrogen and oxygen atoms in total. The van der Waals surface area contributed by atoms with E-state index in [0.717, 1.165) is 12.2 Å². The average Bonchev–Trinajstić information content (AvgIpc) is 3.04. The molecule has 2 rings (SSSR count). The molecule has 116 valence electrons. The molecule has 22 heavy (non-hydrogen) atoms. The fourth-order valence-electron chi connectivity index (χ4n) is 1.75. The maximum Gasteiger partial charge on any atom is 0.257 e. The molecule has 6 heteroatoms. The van der Waals surface area contributed by atoms with Crippen molar-refractivity contribution in [3.8, 4) is 5.75 Å². The molecule has 0 radical (unpaired) electrons. The molecule has 0 unspecified atom stereocenters. The highest BCUT2D eigenvalue weighted by Crippen LogP contribution is 2.13. The third-order valence-electron chi connectivity index (χ3n) is 2.80. The van der Waals surface area contributed by atoms with Crippen LogP contribution in [-0.2, 0) is 6.54 Å². The fourth-order valence-corrected chi connectivity index (χ4v) is 1.91. The Bertz CT molecular complexity index is 626. The first kappa shape index (κ1) is 16.0. The molecule has 0 aliphatic rings. The maximum atomic E-state index is 12.1. The van der Waals surface area contributed by atoms with E-state index in [9.17, 15) is 4.79 Å². The average molecular weight is 318 g/mol. The van der Waals surface area contributed by atoms with Gasteiger partial charge in [0.1, 0.15) is 11.5 Å². The molecule has 0 spiro atoms. The van der Waals surface area contributed by atoms with E-state index < -0.39 is 0 Å². The molecule has 1 amide bonds. The van der Waals surface area contributed by atoms with Gasteiger partial charge >= 0.3 is 0 Å². The smallest absolute Gasteiger partial charge is 0.257 e. The van der Waals surface area contributed by atoms with Crippen molar-refractivity contribution in [2.24, 2.45) is 0 Å². The lowest BCUT2D eigenvalue weighted by molar-refractivity contribution is 0.0976. The number of nitrogens with one attached hydrogen (secondary N) is 2. The predicted octanol–water partition coefficient (Wildman–Crippen LogP) is 2.87. The molecule has 1 aromatic heterocycles. The molecule has 0 fully saturated rings. The Morgan fingerprint density at radius 2 is 2.18 bits per heavy atom. The van der Waals surface area contributed by atoms with Crippen LogP contribution in [0.4, 0.5) is 0 Å².